The monoisotopic (exact) mass is 372 g/mol. The summed E-state index contributed by atoms with van der Waals surface area (Å²) in [5, 5.41) is 4.16. The van der Waals surface area contributed by atoms with Crippen molar-refractivity contribution in [2.24, 2.45) is 4.40 Å². The standard InChI is InChI=1S/C16H12N4O5S/c1-2-25-16(22)12-9-17-20(15(12)26(23,24)18-10-21)14-8-7-11-5-3-4-6-13(11)19-14/h3-9H,2H2,1H3. The van der Waals surface area contributed by atoms with Crippen LogP contribution in [0.25, 0.3) is 16.7 Å². The Kier molecular flexibility index (Phi) is 4.61. The first kappa shape index (κ1) is 17.5. The van der Waals surface area contributed by atoms with Crippen molar-refractivity contribution >= 4 is 33.0 Å². The van der Waals surface area contributed by atoms with E-state index in [-0.39, 0.29) is 18.0 Å². The van der Waals surface area contributed by atoms with Crippen molar-refractivity contribution in [2.75, 3.05) is 6.61 Å². The minimum absolute atomic E-state index is 0.0364. The minimum atomic E-state index is -4.53. The van der Waals surface area contributed by atoms with E-state index in [2.05, 4.69) is 14.5 Å². The molecule has 9 nitrogen and oxygen atoms in total. The highest BCUT2D eigenvalue weighted by atomic mass is 32.2. The number of aromatic nitrogens is 3. The van der Waals surface area contributed by atoms with Crippen LogP contribution in [-0.4, -0.2) is 41.8 Å². The molecule has 1 aromatic carbocycles. The fourth-order valence-corrected chi connectivity index (χ4v) is 3.32. The van der Waals surface area contributed by atoms with Crippen LogP contribution in [0, 0.1) is 0 Å². The molecule has 0 aliphatic heterocycles. The SMILES string of the molecule is CCOC(=O)c1cnn(-c2ccc3ccccc3n2)c1S(=O)(=O)N=C=O. The van der Waals surface area contributed by atoms with E-state index in [4.69, 9.17) is 4.74 Å². The van der Waals surface area contributed by atoms with Gasteiger partial charge in [0.2, 0.25) is 0 Å². The maximum atomic E-state index is 12.4. The Morgan fingerprint density at radius 2 is 2.04 bits per heavy atom. The van der Waals surface area contributed by atoms with E-state index in [0.717, 1.165) is 22.3 Å². The molecule has 0 aliphatic rings. The summed E-state index contributed by atoms with van der Waals surface area (Å²) in [6, 6.07) is 10.5. The summed E-state index contributed by atoms with van der Waals surface area (Å²) in [6.45, 7) is 1.61. The van der Waals surface area contributed by atoms with E-state index in [1.807, 2.05) is 12.1 Å². The maximum Gasteiger partial charge on any atom is 0.342 e. The van der Waals surface area contributed by atoms with E-state index in [0.29, 0.717) is 5.52 Å². The number of nitrogens with zero attached hydrogens (tertiary/aromatic N) is 4. The number of benzene rings is 1. The number of carbonyl (C=O) groups is 1. The summed E-state index contributed by atoms with van der Waals surface area (Å²) < 4.78 is 33.3. The van der Waals surface area contributed by atoms with Crippen LogP contribution < -0.4 is 0 Å². The highest BCUT2D eigenvalue weighted by Crippen LogP contribution is 2.23. The molecular weight excluding hydrogens is 360 g/mol. The van der Waals surface area contributed by atoms with Gasteiger partial charge in [0.1, 0.15) is 5.56 Å². The van der Waals surface area contributed by atoms with Gasteiger partial charge in [-0.25, -0.2) is 19.3 Å². The first-order valence-electron chi connectivity index (χ1n) is 7.43. The van der Waals surface area contributed by atoms with Crippen molar-refractivity contribution in [2.45, 2.75) is 11.9 Å². The quantitative estimate of drug-likeness (QED) is 0.379. The van der Waals surface area contributed by atoms with E-state index in [1.165, 1.54) is 6.07 Å². The van der Waals surface area contributed by atoms with Crippen LogP contribution in [0.4, 0.5) is 0 Å². The van der Waals surface area contributed by atoms with Crippen LogP contribution >= 0.6 is 0 Å². The Balaban J connectivity index is 2.26. The molecule has 0 spiro atoms. The third-order valence-corrected chi connectivity index (χ3v) is 4.62. The molecule has 132 valence electrons. The predicted octanol–water partition coefficient (Wildman–Crippen LogP) is 1.62. The van der Waals surface area contributed by atoms with Gasteiger partial charge in [-0.05, 0) is 25.1 Å². The Hall–Kier alpha value is -3.36. The Bertz CT molecular complexity index is 1150. The fraction of sp³-hybridized carbons (Fsp3) is 0.125. The topological polar surface area (TPSA) is 121 Å². The Labute approximate surface area is 148 Å². The van der Waals surface area contributed by atoms with Gasteiger partial charge in [0, 0.05) is 5.39 Å². The molecule has 0 atom stereocenters. The number of sulfonamides is 1. The summed E-state index contributed by atoms with van der Waals surface area (Å²) in [6.07, 6.45) is 2.01. The number of hydrogen-bond donors (Lipinski definition) is 0. The molecule has 2 aromatic heterocycles. The van der Waals surface area contributed by atoms with E-state index in [1.54, 1.807) is 25.1 Å². The van der Waals surface area contributed by atoms with Crippen LogP contribution in [0.2, 0.25) is 0 Å². The molecule has 0 bridgehead atoms. The first-order chi connectivity index (χ1) is 12.5. The number of rotatable bonds is 5. The number of fused-ring (bicyclic) bond motifs is 1. The third kappa shape index (κ3) is 3.10. The summed E-state index contributed by atoms with van der Waals surface area (Å²) >= 11 is 0. The molecule has 2 heterocycles. The average Bonchev–Trinajstić information content (AvgIpc) is 3.08. The zero-order valence-electron chi connectivity index (χ0n) is 13.5. The number of para-hydroxylation sites is 1. The highest BCUT2D eigenvalue weighted by molar-refractivity contribution is 7.90. The van der Waals surface area contributed by atoms with Gasteiger partial charge in [-0.2, -0.15) is 13.5 Å². The lowest BCUT2D eigenvalue weighted by Gasteiger charge is -2.07. The summed E-state index contributed by atoms with van der Waals surface area (Å²) in [4.78, 5) is 26.9. The van der Waals surface area contributed by atoms with Gasteiger partial charge in [-0.3, -0.25) is 0 Å². The summed E-state index contributed by atoms with van der Waals surface area (Å²) in [7, 11) is -4.53. The lowest BCUT2D eigenvalue weighted by atomic mass is 10.2. The highest BCUT2D eigenvalue weighted by Gasteiger charge is 2.30. The second-order valence-electron chi connectivity index (χ2n) is 5.02. The lowest BCUT2D eigenvalue weighted by Crippen LogP contribution is -2.14. The largest absolute Gasteiger partial charge is 0.462 e. The minimum Gasteiger partial charge on any atom is -0.462 e. The van der Waals surface area contributed by atoms with Gasteiger partial charge in [0.15, 0.2) is 10.8 Å². The smallest absolute Gasteiger partial charge is 0.342 e. The second kappa shape index (κ2) is 6.87. The van der Waals surface area contributed by atoms with Gasteiger partial charge in [-0.15, -0.1) is 0 Å². The molecule has 3 rings (SSSR count). The van der Waals surface area contributed by atoms with Crippen LogP contribution in [0.15, 0.2) is 52.0 Å². The number of hydrogen-bond acceptors (Lipinski definition) is 7. The molecule has 10 heteroatoms. The van der Waals surface area contributed by atoms with Crippen molar-refractivity contribution in [1.29, 1.82) is 0 Å². The molecule has 26 heavy (non-hydrogen) atoms. The van der Waals surface area contributed by atoms with Crippen molar-refractivity contribution in [1.82, 2.24) is 14.8 Å². The molecule has 3 aromatic rings. The van der Waals surface area contributed by atoms with E-state index in [9.17, 15) is 18.0 Å². The molecule has 0 radical (unpaired) electrons. The fourth-order valence-electron chi connectivity index (χ4n) is 2.36. The molecular formula is C16H12N4O5S. The molecule has 0 aliphatic carbocycles. The summed E-state index contributed by atoms with van der Waals surface area (Å²) in [5.41, 5.74) is 0.251. The van der Waals surface area contributed by atoms with Crippen molar-refractivity contribution in [3.8, 4) is 5.82 Å². The van der Waals surface area contributed by atoms with Crippen LogP contribution in [0.5, 0.6) is 0 Å². The number of esters is 1. The van der Waals surface area contributed by atoms with Gasteiger partial charge >= 0.3 is 16.0 Å². The molecule has 0 N–H and O–H groups in total. The zero-order valence-corrected chi connectivity index (χ0v) is 14.3. The van der Waals surface area contributed by atoms with Crippen LogP contribution in [0.3, 0.4) is 0 Å². The van der Waals surface area contributed by atoms with Crippen LogP contribution in [0.1, 0.15) is 17.3 Å². The van der Waals surface area contributed by atoms with Gasteiger partial charge in [0.05, 0.1) is 18.3 Å². The van der Waals surface area contributed by atoms with Crippen molar-refractivity contribution < 1.29 is 22.7 Å². The molecule has 0 unspecified atom stereocenters. The molecule has 0 amide bonds. The zero-order chi connectivity index (χ0) is 18.7. The average molecular weight is 372 g/mol. The van der Waals surface area contributed by atoms with E-state index < -0.39 is 21.0 Å². The lowest BCUT2D eigenvalue weighted by molar-refractivity contribution is 0.0521. The van der Waals surface area contributed by atoms with Gasteiger partial charge in [-0.1, -0.05) is 22.6 Å². The number of isocyanates is 1. The summed E-state index contributed by atoms with van der Waals surface area (Å²) in [5.74, 6) is -0.766. The predicted molar refractivity (Wildman–Crippen MR) is 90.1 cm³/mol. The number of carbonyl (C=O) groups excluding carboxylic acids is 2. The van der Waals surface area contributed by atoms with Crippen molar-refractivity contribution in [3.63, 3.8) is 0 Å². The third-order valence-electron chi connectivity index (χ3n) is 3.42. The molecule has 0 fully saturated rings. The molecule has 0 saturated carbocycles. The normalized spacial score (nSPS) is 11.1. The second-order valence-corrected chi connectivity index (χ2v) is 6.53. The van der Waals surface area contributed by atoms with Crippen LogP contribution in [-0.2, 0) is 19.6 Å². The van der Waals surface area contributed by atoms with Gasteiger partial charge in [0.25, 0.3) is 6.08 Å². The number of pyridine rings is 1. The maximum absolute atomic E-state index is 12.4. The Morgan fingerprint density at radius 1 is 1.27 bits per heavy atom. The molecule has 0 saturated heterocycles. The first-order valence-corrected chi connectivity index (χ1v) is 8.87. The van der Waals surface area contributed by atoms with Gasteiger partial charge < -0.3 is 4.74 Å². The van der Waals surface area contributed by atoms with E-state index >= 15 is 0 Å². The Morgan fingerprint density at radius 3 is 2.77 bits per heavy atom. The van der Waals surface area contributed by atoms with Crippen molar-refractivity contribution in [3.05, 3.63) is 48.2 Å². The number of ether oxygens (including phenoxy) is 1.